The number of hydrogen-bond acceptors (Lipinski definition) is 6. The second-order valence-electron chi connectivity index (χ2n) is 5.99. The first-order valence-electron chi connectivity index (χ1n) is 8.31. The van der Waals surface area contributed by atoms with E-state index >= 15 is 0 Å². The van der Waals surface area contributed by atoms with Crippen LogP contribution in [0.3, 0.4) is 0 Å². The molecule has 6 nitrogen and oxygen atoms in total. The third kappa shape index (κ3) is 3.39. The van der Waals surface area contributed by atoms with Gasteiger partial charge in [-0.2, -0.15) is 0 Å². The first-order chi connectivity index (χ1) is 13.5. The van der Waals surface area contributed by atoms with Crippen LogP contribution in [0.5, 0.6) is 0 Å². The van der Waals surface area contributed by atoms with Crippen LogP contribution in [-0.2, 0) is 9.59 Å². The van der Waals surface area contributed by atoms with Crippen molar-refractivity contribution >= 4 is 57.3 Å². The molecule has 28 heavy (non-hydrogen) atoms. The molecule has 3 aromatic rings. The fourth-order valence-corrected chi connectivity index (χ4v) is 4.21. The van der Waals surface area contributed by atoms with E-state index in [-0.39, 0.29) is 4.32 Å². The number of para-hydroxylation sites is 2. The van der Waals surface area contributed by atoms with Gasteiger partial charge in [-0.25, -0.2) is 9.78 Å². The van der Waals surface area contributed by atoms with Gasteiger partial charge in [0.05, 0.1) is 27.8 Å². The van der Waals surface area contributed by atoms with E-state index < -0.39 is 17.9 Å². The molecule has 2 aromatic carbocycles. The number of rotatable bonds is 4. The molecule has 0 spiro atoms. The minimum Gasteiger partial charge on any atom is -0.479 e. The summed E-state index contributed by atoms with van der Waals surface area (Å²) in [5, 5.41) is 9.71. The van der Waals surface area contributed by atoms with Crippen molar-refractivity contribution in [2.45, 2.75) is 6.04 Å². The van der Waals surface area contributed by atoms with Crippen molar-refractivity contribution < 1.29 is 14.7 Å². The first kappa shape index (κ1) is 18.3. The summed E-state index contributed by atoms with van der Waals surface area (Å²) < 4.78 is 0.196. The molecule has 138 valence electrons. The Hall–Kier alpha value is -3.10. The van der Waals surface area contributed by atoms with Gasteiger partial charge in [-0.1, -0.05) is 66.4 Å². The van der Waals surface area contributed by atoms with Gasteiger partial charge in [0.25, 0.3) is 5.91 Å². The van der Waals surface area contributed by atoms with Crippen LogP contribution in [0.1, 0.15) is 17.3 Å². The summed E-state index contributed by atoms with van der Waals surface area (Å²) in [5.41, 5.74) is 2.45. The van der Waals surface area contributed by atoms with E-state index in [9.17, 15) is 14.7 Å². The molecule has 1 aromatic heterocycles. The zero-order valence-electron chi connectivity index (χ0n) is 14.4. The molecule has 0 unspecified atom stereocenters. The predicted octanol–water partition coefficient (Wildman–Crippen LogP) is 3.66. The van der Waals surface area contributed by atoms with Gasteiger partial charge in [-0.15, -0.1) is 0 Å². The average molecular weight is 407 g/mol. The maximum Gasteiger partial charge on any atom is 0.331 e. The van der Waals surface area contributed by atoms with Gasteiger partial charge in [-0.3, -0.25) is 14.7 Å². The van der Waals surface area contributed by atoms with Gasteiger partial charge in [0.15, 0.2) is 6.04 Å². The van der Waals surface area contributed by atoms with Crippen molar-refractivity contribution in [3.63, 3.8) is 0 Å². The van der Waals surface area contributed by atoms with Crippen LogP contribution >= 0.6 is 24.0 Å². The molecule has 8 heteroatoms. The third-order valence-corrected chi connectivity index (χ3v) is 5.51. The topological polar surface area (TPSA) is 83.4 Å². The Morgan fingerprint density at radius 1 is 1.11 bits per heavy atom. The van der Waals surface area contributed by atoms with E-state index in [0.717, 1.165) is 22.2 Å². The van der Waals surface area contributed by atoms with Crippen molar-refractivity contribution in [1.29, 1.82) is 0 Å². The molecule has 1 saturated heterocycles. The molecule has 1 amide bonds. The van der Waals surface area contributed by atoms with Crippen molar-refractivity contribution in [3.05, 3.63) is 77.0 Å². The Labute approximate surface area is 169 Å². The monoisotopic (exact) mass is 407 g/mol. The van der Waals surface area contributed by atoms with Gasteiger partial charge in [0.1, 0.15) is 4.32 Å². The number of benzene rings is 2. The second kappa shape index (κ2) is 7.49. The lowest BCUT2D eigenvalue weighted by atomic mass is 10.1. The van der Waals surface area contributed by atoms with Gasteiger partial charge in [-0.05, 0) is 23.8 Å². The molecule has 4 rings (SSSR count). The minimum absolute atomic E-state index is 0.196. The molecule has 1 fully saturated rings. The lowest BCUT2D eigenvalue weighted by Gasteiger charge is -2.23. The number of carbonyl (C=O) groups excluding carboxylic acids is 1. The number of carboxylic acids is 1. The normalized spacial score (nSPS) is 16.7. The first-order valence-corrected chi connectivity index (χ1v) is 9.53. The number of fused-ring (bicyclic) bond motifs is 1. The van der Waals surface area contributed by atoms with E-state index in [1.807, 2.05) is 24.3 Å². The number of nitrogens with zero attached hydrogens (tertiary/aromatic N) is 3. The molecule has 2 heterocycles. The van der Waals surface area contributed by atoms with Crippen LogP contribution in [-0.4, -0.2) is 36.2 Å². The second-order valence-corrected chi connectivity index (χ2v) is 7.66. The van der Waals surface area contributed by atoms with E-state index in [2.05, 4.69) is 9.97 Å². The van der Waals surface area contributed by atoms with Crippen molar-refractivity contribution in [2.24, 2.45) is 0 Å². The lowest BCUT2D eigenvalue weighted by molar-refractivity contribution is -0.145. The molecule has 0 bridgehead atoms. The van der Waals surface area contributed by atoms with E-state index in [1.165, 1.54) is 0 Å². The Bertz CT molecular complexity index is 1130. The number of thiocarbonyl (C=S) groups is 1. The predicted molar refractivity (Wildman–Crippen MR) is 111 cm³/mol. The number of aromatic nitrogens is 2. The van der Waals surface area contributed by atoms with Crippen molar-refractivity contribution in [1.82, 2.24) is 14.9 Å². The highest BCUT2D eigenvalue weighted by molar-refractivity contribution is 8.26. The maximum atomic E-state index is 12.9. The van der Waals surface area contributed by atoms with Crippen LogP contribution in [0.25, 0.3) is 17.1 Å². The number of thioether (sulfide) groups is 1. The molecule has 1 atom stereocenters. The maximum absolute atomic E-state index is 12.9. The summed E-state index contributed by atoms with van der Waals surface area (Å²) in [7, 11) is 0. The average Bonchev–Trinajstić information content (AvgIpc) is 2.96. The smallest absolute Gasteiger partial charge is 0.331 e. The highest BCUT2D eigenvalue weighted by atomic mass is 32.2. The number of amides is 1. The molecule has 0 radical (unpaired) electrons. The summed E-state index contributed by atoms with van der Waals surface area (Å²) in [6.45, 7) is 0. The van der Waals surface area contributed by atoms with Crippen LogP contribution in [0, 0.1) is 0 Å². The number of hydrogen-bond donors (Lipinski definition) is 1. The molecule has 1 N–H and O–H groups in total. The Balaban J connectivity index is 1.69. The van der Waals surface area contributed by atoms with Gasteiger partial charge in [0, 0.05) is 0 Å². The Kier molecular flexibility index (Phi) is 4.89. The number of carbonyl (C=O) groups is 2. The van der Waals surface area contributed by atoms with Gasteiger partial charge >= 0.3 is 5.97 Å². The largest absolute Gasteiger partial charge is 0.479 e. The summed E-state index contributed by atoms with van der Waals surface area (Å²) in [6, 6.07) is 14.8. The number of carboxylic acid groups (broad SMARTS) is 1. The van der Waals surface area contributed by atoms with Crippen molar-refractivity contribution in [3.8, 4) is 0 Å². The molecule has 0 saturated carbocycles. The molecule has 1 aliphatic heterocycles. The lowest BCUT2D eigenvalue weighted by Crippen LogP contribution is -2.37. The fourth-order valence-electron chi connectivity index (χ4n) is 2.92. The standard InChI is InChI=1S/C20H13N3O3S2/c24-18-16(10-13-11-21-14-8-4-5-9-15(14)22-13)28-20(27)23(18)17(19(25)26)12-6-2-1-3-7-12/h1-11,17H,(H,25,26)/b16-10+/t17-/m0/s1. The zero-order chi connectivity index (χ0) is 19.7. The van der Waals surface area contributed by atoms with E-state index in [1.54, 1.807) is 42.6 Å². The van der Waals surface area contributed by atoms with Gasteiger partial charge < -0.3 is 5.11 Å². The summed E-state index contributed by atoms with van der Waals surface area (Å²) in [6.07, 6.45) is 3.16. The van der Waals surface area contributed by atoms with Crippen LogP contribution in [0.4, 0.5) is 0 Å². The quantitative estimate of drug-likeness (QED) is 0.522. The van der Waals surface area contributed by atoms with E-state index in [4.69, 9.17) is 12.2 Å². The SMILES string of the molecule is O=C(O)[C@H](c1ccccc1)N1C(=O)/C(=C\c2cnc3ccccc3n2)SC1=S. The summed E-state index contributed by atoms with van der Waals surface area (Å²) >= 11 is 6.37. The molecular formula is C20H13N3O3S2. The van der Waals surface area contributed by atoms with Crippen LogP contribution < -0.4 is 0 Å². The summed E-state index contributed by atoms with van der Waals surface area (Å²) in [4.78, 5) is 35.1. The fraction of sp³-hybridized carbons (Fsp3) is 0.0500. The highest BCUT2D eigenvalue weighted by Crippen LogP contribution is 2.38. The van der Waals surface area contributed by atoms with Crippen LogP contribution in [0.15, 0.2) is 65.7 Å². The highest BCUT2D eigenvalue weighted by Gasteiger charge is 2.41. The van der Waals surface area contributed by atoms with E-state index in [0.29, 0.717) is 21.7 Å². The number of aliphatic carboxylic acids is 1. The summed E-state index contributed by atoms with van der Waals surface area (Å²) in [5.74, 6) is -1.60. The molecule has 1 aliphatic rings. The Morgan fingerprint density at radius 3 is 2.50 bits per heavy atom. The zero-order valence-corrected chi connectivity index (χ0v) is 16.0. The molecule has 0 aliphatic carbocycles. The third-order valence-electron chi connectivity index (χ3n) is 4.18. The van der Waals surface area contributed by atoms with Gasteiger partial charge in [0.2, 0.25) is 0 Å². The van der Waals surface area contributed by atoms with Crippen molar-refractivity contribution in [2.75, 3.05) is 0 Å². The Morgan fingerprint density at radius 2 is 1.79 bits per heavy atom. The molecular weight excluding hydrogens is 394 g/mol. The minimum atomic E-state index is -1.18. The van der Waals surface area contributed by atoms with Crippen LogP contribution in [0.2, 0.25) is 0 Å².